The van der Waals surface area contributed by atoms with Gasteiger partial charge in [0.2, 0.25) is 10.0 Å². The topological polar surface area (TPSA) is 75.7 Å². The van der Waals surface area contributed by atoms with Gasteiger partial charge in [0.05, 0.1) is 25.1 Å². The first kappa shape index (κ1) is 17.3. The number of hydrogen-bond donors (Lipinski definition) is 1. The van der Waals surface area contributed by atoms with Crippen LogP contribution in [0.3, 0.4) is 0 Å². The van der Waals surface area contributed by atoms with Gasteiger partial charge in [0, 0.05) is 6.54 Å². The molecular weight excluding hydrogens is 292 g/mol. The second kappa shape index (κ2) is 7.87. The smallest absolute Gasteiger partial charge is 0.407 e. The molecular formula is C14H22N2O4S. The fraction of sp³-hybridized carbons (Fsp3) is 0.500. The average Bonchev–Trinajstić information content (AvgIpc) is 2.43. The largest absolute Gasteiger partial charge is 0.450 e. The first-order valence-electron chi connectivity index (χ1n) is 6.85. The number of alkyl carbamates (subject to hydrolysis) is 1. The molecule has 0 aromatic heterocycles. The van der Waals surface area contributed by atoms with E-state index in [-0.39, 0.29) is 19.7 Å². The van der Waals surface area contributed by atoms with Crippen molar-refractivity contribution < 1.29 is 17.9 Å². The zero-order valence-electron chi connectivity index (χ0n) is 12.6. The van der Waals surface area contributed by atoms with Gasteiger partial charge in [-0.3, -0.25) is 4.31 Å². The fourth-order valence-corrected chi connectivity index (χ4v) is 2.75. The normalized spacial score (nSPS) is 11.0. The van der Waals surface area contributed by atoms with Gasteiger partial charge in [0.25, 0.3) is 0 Å². The summed E-state index contributed by atoms with van der Waals surface area (Å²) >= 11 is 0. The van der Waals surface area contributed by atoms with E-state index in [1.165, 1.54) is 4.31 Å². The number of benzene rings is 1. The summed E-state index contributed by atoms with van der Waals surface area (Å²) in [6.45, 7) is 4.36. The van der Waals surface area contributed by atoms with Crippen LogP contribution in [0, 0.1) is 0 Å². The zero-order valence-corrected chi connectivity index (χ0v) is 13.4. The molecule has 118 valence electrons. The van der Waals surface area contributed by atoms with E-state index < -0.39 is 16.1 Å². The van der Waals surface area contributed by atoms with Gasteiger partial charge in [-0.2, -0.15) is 0 Å². The number of hydrogen-bond acceptors (Lipinski definition) is 4. The lowest BCUT2D eigenvalue weighted by molar-refractivity contribution is 0.152. The molecule has 0 saturated heterocycles. The standard InChI is InChI=1S/C14H22N2O4S/c1-4-12-6-8-13(9-7-12)16(21(3,18)19)11-10-15-14(17)20-5-2/h6-9H,4-5,10-11H2,1-3H3,(H,15,17). The number of aryl methyl sites for hydroxylation is 1. The molecule has 0 heterocycles. The average molecular weight is 314 g/mol. The fourth-order valence-electron chi connectivity index (χ4n) is 1.83. The molecule has 0 saturated carbocycles. The minimum absolute atomic E-state index is 0.156. The first-order valence-corrected chi connectivity index (χ1v) is 8.70. The molecule has 0 unspecified atom stereocenters. The highest BCUT2D eigenvalue weighted by atomic mass is 32.2. The number of sulfonamides is 1. The molecule has 0 aliphatic rings. The number of rotatable bonds is 7. The molecule has 0 aliphatic heterocycles. The molecule has 0 spiro atoms. The number of carbonyl (C=O) groups is 1. The molecule has 0 atom stereocenters. The maximum Gasteiger partial charge on any atom is 0.407 e. The van der Waals surface area contributed by atoms with Crippen LogP contribution in [0.4, 0.5) is 10.5 Å². The van der Waals surface area contributed by atoms with Crippen LogP contribution in [0.15, 0.2) is 24.3 Å². The van der Waals surface area contributed by atoms with E-state index in [9.17, 15) is 13.2 Å². The zero-order chi connectivity index (χ0) is 15.9. The van der Waals surface area contributed by atoms with Crippen molar-refractivity contribution in [1.82, 2.24) is 5.32 Å². The van der Waals surface area contributed by atoms with Gasteiger partial charge in [-0.15, -0.1) is 0 Å². The van der Waals surface area contributed by atoms with Gasteiger partial charge in [-0.1, -0.05) is 19.1 Å². The third-order valence-corrected chi connectivity index (χ3v) is 4.09. The summed E-state index contributed by atoms with van der Waals surface area (Å²) in [6, 6.07) is 7.33. The van der Waals surface area contributed by atoms with Gasteiger partial charge in [0.15, 0.2) is 0 Å². The van der Waals surface area contributed by atoms with Crippen LogP contribution in [0.25, 0.3) is 0 Å². The second-order valence-corrected chi connectivity index (χ2v) is 6.41. The second-order valence-electron chi connectivity index (χ2n) is 4.50. The van der Waals surface area contributed by atoms with Gasteiger partial charge < -0.3 is 10.1 Å². The van der Waals surface area contributed by atoms with E-state index in [1.54, 1.807) is 19.1 Å². The molecule has 1 rings (SSSR count). The molecule has 6 nitrogen and oxygen atoms in total. The Balaban J connectivity index is 2.75. The van der Waals surface area contributed by atoms with Gasteiger partial charge >= 0.3 is 6.09 Å². The summed E-state index contributed by atoms with van der Waals surface area (Å²) < 4.78 is 29.7. The maximum absolute atomic E-state index is 11.9. The van der Waals surface area contributed by atoms with Crippen molar-refractivity contribution in [3.8, 4) is 0 Å². The maximum atomic E-state index is 11.9. The van der Waals surface area contributed by atoms with E-state index in [0.29, 0.717) is 5.69 Å². The van der Waals surface area contributed by atoms with Gasteiger partial charge in [-0.05, 0) is 31.0 Å². The van der Waals surface area contributed by atoms with Crippen molar-refractivity contribution in [2.24, 2.45) is 0 Å². The van der Waals surface area contributed by atoms with E-state index in [0.717, 1.165) is 18.2 Å². The Labute approximate surface area is 126 Å². The third kappa shape index (κ3) is 5.63. The predicted molar refractivity (Wildman–Crippen MR) is 83.0 cm³/mol. The van der Waals surface area contributed by atoms with Crippen molar-refractivity contribution >= 4 is 21.8 Å². The molecule has 0 aliphatic carbocycles. The summed E-state index contributed by atoms with van der Waals surface area (Å²) in [5.74, 6) is 0. The number of amides is 1. The molecule has 7 heteroatoms. The lowest BCUT2D eigenvalue weighted by Crippen LogP contribution is -2.38. The summed E-state index contributed by atoms with van der Waals surface area (Å²) in [6.07, 6.45) is 1.49. The molecule has 0 bridgehead atoms. The molecule has 1 N–H and O–H groups in total. The number of nitrogens with one attached hydrogen (secondary N) is 1. The van der Waals surface area contributed by atoms with Crippen molar-refractivity contribution in [2.75, 3.05) is 30.3 Å². The quantitative estimate of drug-likeness (QED) is 0.832. The Hall–Kier alpha value is -1.76. The van der Waals surface area contributed by atoms with Crippen molar-refractivity contribution in [1.29, 1.82) is 0 Å². The van der Waals surface area contributed by atoms with Crippen LogP contribution in [0.2, 0.25) is 0 Å². The summed E-state index contributed by atoms with van der Waals surface area (Å²) in [7, 11) is -3.41. The summed E-state index contributed by atoms with van der Waals surface area (Å²) in [4.78, 5) is 11.2. The summed E-state index contributed by atoms with van der Waals surface area (Å²) in [5.41, 5.74) is 1.72. The number of nitrogens with zero attached hydrogens (tertiary/aromatic N) is 1. The molecule has 1 aromatic carbocycles. The van der Waals surface area contributed by atoms with Crippen LogP contribution in [0.5, 0.6) is 0 Å². The molecule has 0 fully saturated rings. The van der Waals surface area contributed by atoms with E-state index in [2.05, 4.69) is 5.32 Å². The Morgan fingerprint density at radius 1 is 1.24 bits per heavy atom. The van der Waals surface area contributed by atoms with E-state index in [4.69, 9.17) is 4.74 Å². The van der Waals surface area contributed by atoms with Gasteiger partial charge in [0.1, 0.15) is 0 Å². The van der Waals surface area contributed by atoms with Crippen LogP contribution in [-0.4, -0.2) is 40.5 Å². The Morgan fingerprint density at radius 3 is 2.33 bits per heavy atom. The highest BCUT2D eigenvalue weighted by Crippen LogP contribution is 2.18. The summed E-state index contributed by atoms with van der Waals surface area (Å²) in [5, 5.41) is 2.51. The minimum atomic E-state index is -3.41. The van der Waals surface area contributed by atoms with E-state index >= 15 is 0 Å². The predicted octanol–water partition coefficient (Wildman–Crippen LogP) is 1.76. The molecule has 21 heavy (non-hydrogen) atoms. The third-order valence-electron chi connectivity index (χ3n) is 2.89. The lowest BCUT2D eigenvalue weighted by Gasteiger charge is -2.22. The van der Waals surface area contributed by atoms with Crippen LogP contribution in [0.1, 0.15) is 19.4 Å². The Kier molecular flexibility index (Phi) is 6.48. The Bertz CT molecular complexity index is 555. The number of ether oxygens (including phenoxy) is 1. The molecule has 1 amide bonds. The van der Waals surface area contributed by atoms with Crippen LogP contribution >= 0.6 is 0 Å². The van der Waals surface area contributed by atoms with Gasteiger partial charge in [-0.25, -0.2) is 13.2 Å². The SMILES string of the molecule is CCOC(=O)NCCN(c1ccc(CC)cc1)S(C)(=O)=O. The first-order chi connectivity index (χ1) is 9.88. The van der Waals surface area contributed by atoms with E-state index in [1.807, 2.05) is 19.1 Å². The molecule has 1 aromatic rings. The van der Waals surface area contributed by atoms with Crippen molar-refractivity contribution in [2.45, 2.75) is 20.3 Å². The molecule has 0 radical (unpaired) electrons. The highest BCUT2D eigenvalue weighted by Gasteiger charge is 2.17. The number of anilines is 1. The Morgan fingerprint density at radius 2 is 1.86 bits per heavy atom. The number of carbonyl (C=O) groups excluding carboxylic acids is 1. The van der Waals surface area contributed by atoms with Crippen molar-refractivity contribution in [3.05, 3.63) is 29.8 Å². The minimum Gasteiger partial charge on any atom is -0.450 e. The highest BCUT2D eigenvalue weighted by molar-refractivity contribution is 7.92. The van der Waals surface area contributed by atoms with Crippen molar-refractivity contribution in [3.63, 3.8) is 0 Å². The van der Waals surface area contributed by atoms with Crippen LogP contribution < -0.4 is 9.62 Å². The van der Waals surface area contributed by atoms with Crippen LogP contribution in [-0.2, 0) is 21.2 Å². The monoisotopic (exact) mass is 314 g/mol. The lowest BCUT2D eigenvalue weighted by atomic mass is 10.1.